The molecule has 0 unspecified atom stereocenters. The Kier molecular flexibility index (Phi) is 6.16. The molecule has 140 valence electrons. The van der Waals surface area contributed by atoms with Crippen LogP contribution in [-0.4, -0.2) is 32.5 Å². The average molecular weight is 404 g/mol. The highest BCUT2D eigenvalue weighted by molar-refractivity contribution is 7.14. The van der Waals surface area contributed by atoms with E-state index in [0.29, 0.717) is 21.7 Å². The first-order valence-electron chi connectivity index (χ1n) is 7.95. The van der Waals surface area contributed by atoms with Crippen molar-refractivity contribution in [1.29, 1.82) is 0 Å². The molecule has 0 radical (unpaired) electrons. The third-order valence-electron chi connectivity index (χ3n) is 3.70. The zero-order chi connectivity index (χ0) is 19.2. The molecule has 2 aromatic carbocycles. The van der Waals surface area contributed by atoms with Gasteiger partial charge in [-0.2, -0.15) is 5.10 Å². The largest absolute Gasteiger partial charge is 0.497 e. The standard InChI is InChI=1S/C19H18ClN3O3S/c1-24-14-6-4-5-13(9-14)16-11-27-19(22-16)23-21-10-12-7-15(20)18(26-3)17(8-12)25-2/h4-11H,1-3H3,(H,22,23)/b21-10-. The molecule has 0 spiro atoms. The second kappa shape index (κ2) is 8.75. The van der Waals surface area contributed by atoms with Crippen LogP contribution in [0.15, 0.2) is 46.9 Å². The lowest BCUT2D eigenvalue weighted by Crippen LogP contribution is -1.95. The number of benzene rings is 2. The van der Waals surface area contributed by atoms with Crippen LogP contribution < -0.4 is 19.6 Å². The smallest absolute Gasteiger partial charge is 0.203 e. The molecule has 1 aromatic heterocycles. The maximum absolute atomic E-state index is 6.20. The van der Waals surface area contributed by atoms with Gasteiger partial charge in [-0.1, -0.05) is 23.7 Å². The summed E-state index contributed by atoms with van der Waals surface area (Å²) in [4.78, 5) is 4.53. The quantitative estimate of drug-likeness (QED) is 0.447. The van der Waals surface area contributed by atoms with Crippen LogP contribution in [0.3, 0.4) is 0 Å². The molecule has 0 aliphatic carbocycles. The molecule has 0 aliphatic rings. The number of anilines is 1. The summed E-state index contributed by atoms with van der Waals surface area (Å²) in [6, 6.07) is 11.3. The van der Waals surface area contributed by atoms with Crippen LogP contribution in [0.25, 0.3) is 11.3 Å². The molecule has 1 N–H and O–H groups in total. The number of nitrogens with one attached hydrogen (secondary N) is 1. The second-order valence-corrected chi connectivity index (χ2v) is 6.64. The average Bonchev–Trinajstić information content (AvgIpc) is 3.16. The Hall–Kier alpha value is -2.77. The van der Waals surface area contributed by atoms with Crippen molar-refractivity contribution >= 4 is 34.3 Å². The third-order valence-corrected chi connectivity index (χ3v) is 4.73. The van der Waals surface area contributed by atoms with E-state index in [1.807, 2.05) is 29.6 Å². The van der Waals surface area contributed by atoms with Crippen molar-refractivity contribution < 1.29 is 14.2 Å². The summed E-state index contributed by atoms with van der Waals surface area (Å²) in [5.41, 5.74) is 5.53. The van der Waals surface area contributed by atoms with Crippen molar-refractivity contribution in [1.82, 2.24) is 4.98 Å². The van der Waals surface area contributed by atoms with Crippen molar-refractivity contribution in [2.75, 3.05) is 26.8 Å². The van der Waals surface area contributed by atoms with Crippen molar-refractivity contribution in [2.45, 2.75) is 0 Å². The molecule has 0 saturated carbocycles. The molecule has 3 rings (SSSR count). The van der Waals surface area contributed by atoms with Crippen LogP contribution in [-0.2, 0) is 0 Å². The highest BCUT2D eigenvalue weighted by Gasteiger charge is 2.10. The van der Waals surface area contributed by atoms with E-state index in [4.69, 9.17) is 25.8 Å². The van der Waals surface area contributed by atoms with Crippen LogP contribution in [0.1, 0.15) is 5.56 Å². The minimum atomic E-state index is 0.452. The van der Waals surface area contributed by atoms with E-state index < -0.39 is 0 Å². The van der Waals surface area contributed by atoms with Gasteiger partial charge in [0.25, 0.3) is 0 Å². The first kappa shape index (κ1) is 19.0. The van der Waals surface area contributed by atoms with Crippen molar-refractivity contribution in [3.63, 3.8) is 0 Å². The minimum Gasteiger partial charge on any atom is -0.497 e. The van der Waals surface area contributed by atoms with E-state index in [-0.39, 0.29) is 0 Å². The summed E-state index contributed by atoms with van der Waals surface area (Å²) >= 11 is 7.66. The highest BCUT2D eigenvalue weighted by Crippen LogP contribution is 2.35. The molecule has 0 amide bonds. The number of hydrogen-bond donors (Lipinski definition) is 1. The van der Waals surface area contributed by atoms with E-state index in [1.165, 1.54) is 11.3 Å². The maximum Gasteiger partial charge on any atom is 0.203 e. The monoisotopic (exact) mass is 403 g/mol. The molecule has 1 heterocycles. The molecule has 8 heteroatoms. The van der Waals surface area contributed by atoms with Gasteiger partial charge < -0.3 is 14.2 Å². The van der Waals surface area contributed by atoms with Gasteiger partial charge >= 0.3 is 0 Å². The number of hydrogen-bond acceptors (Lipinski definition) is 7. The van der Waals surface area contributed by atoms with Gasteiger partial charge in [0.15, 0.2) is 11.5 Å². The molecular weight excluding hydrogens is 386 g/mol. The number of nitrogens with zero attached hydrogens (tertiary/aromatic N) is 2. The summed E-state index contributed by atoms with van der Waals surface area (Å²) < 4.78 is 15.8. The molecule has 6 nitrogen and oxygen atoms in total. The van der Waals surface area contributed by atoms with Crippen molar-refractivity contribution in [3.05, 3.63) is 52.4 Å². The summed E-state index contributed by atoms with van der Waals surface area (Å²) in [6.45, 7) is 0. The Morgan fingerprint density at radius 2 is 1.96 bits per heavy atom. The van der Waals surface area contributed by atoms with Crippen LogP contribution in [0.4, 0.5) is 5.13 Å². The first-order chi connectivity index (χ1) is 13.1. The van der Waals surface area contributed by atoms with Gasteiger partial charge in [0.2, 0.25) is 5.13 Å². The van der Waals surface area contributed by atoms with Crippen LogP contribution in [0, 0.1) is 0 Å². The number of rotatable bonds is 7. The first-order valence-corrected chi connectivity index (χ1v) is 9.21. The van der Waals surface area contributed by atoms with Crippen LogP contribution in [0.2, 0.25) is 5.02 Å². The van der Waals surface area contributed by atoms with Crippen molar-refractivity contribution in [3.8, 4) is 28.5 Å². The number of ether oxygens (including phenoxy) is 3. The minimum absolute atomic E-state index is 0.452. The molecule has 0 saturated heterocycles. The van der Waals surface area contributed by atoms with Crippen LogP contribution >= 0.6 is 22.9 Å². The Labute approximate surface area is 166 Å². The summed E-state index contributed by atoms with van der Waals surface area (Å²) in [7, 11) is 4.74. The third kappa shape index (κ3) is 4.50. The zero-order valence-corrected chi connectivity index (χ0v) is 16.6. The molecule has 0 atom stereocenters. The maximum atomic E-state index is 6.20. The van der Waals surface area contributed by atoms with Gasteiger partial charge in [-0.15, -0.1) is 11.3 Å². The fourth-order valence-corrected chi connectivity index (χ4v) is 3.38. The number of thiazole rings is 1. The summed E-state index contributed by atoms with van der Waals surface area (Å²) in [5.74, 6) is 1.83. The summed E-state index contributed by atoms with van der Waals surface area (Å²) in [6.07, 6.45) is 1.64. The van der Waals surface area contributed by atoms with E-state index in [2.05, 4.69) is 15.5 Å². The van der Waals surface area contributed by atoms with Crippen molar-refractivity contribution in [2.24, 2.45) is 5.10 Å². The van der Waals surface area contributed by atoms with Gasteiger partial charge in [0.1, 0.15) is 5.75 Å². The molecule has 0 fully saturated rings. The molecule has 0 bridgehead atoms. The van der Waals surface area contributed by atoms with Gasteiger partial charge in [0.05, 0.1) is 38.3 Å². The zero-order valence-electron chi connectivity index (χ0n) is 15.0. The van der Waals surface area contributed by atoms with E-state index in [1.54, 1.807) is 39.7 Å². The number of aromatic nitrogens is 1. The van der Waals surface area contributed by atoms with Gasteiger partial charge in [-0.3, -0.25) is 5.43 Å². The molecule has 3 aromatic rings. The van der Waals surface area contributed by atoms with E-state index in [0.717, 1.165) is 22.6 Å². The topological polar surface area (TPSA) is 65.0 Å². The molecule has 0 aliphatic heterocycles. The fourth-order valence-electron chi connectivity index (χ4n) is 2.41. The SMILES string of the molecule is COc1cccc(-c2csc(N/N=C\c3cc(Cl)c(OC)c(OC)c3)n2)c1. The number of halogens is 1. The Balaban J connectivity index is 1.72. The van der Waals surface area contributed by atoms with E-state index >= 15 is 0 Å². The highest BCUT2D eigenvalue weighted by atomic mass is 35.5. The van der Waals surface area contributed by atoms with Gasteiger partial charge in [0, 0.05) is 10.9 Å². The fraction of sp³-hybridized carbons (Fsp3) is 0.158. The Morgan fingerprint density at radius 1 is 1.11 bits per heavy atom. The van der Waals surface area contributed by atoms with E-state index in [9.17, 15) is 0 Å². The lowest BCUT2D eigenvalue weighted by molar-refractivity contribution is 0.355. The summed E-state index contributed by atoms with van der Waals surface area (Å²) in [5, 5.41) is 7.30. The van der Waals surface area contributed by atoms with Gasteiger partial charge in [-0.25, -0.2) is 4.98 Å². The number of methoxy groups -OCH3 is 3. The predicted octanol–water partition coefficient (Wildman–Crippen LogP) is 4.94. The Bertz CT molecular complexity index is 959. The predicted molar refractivity (Wildman–Crippen MR) is 110 cm³/mol. The van der Waals surface area contributed by atoms with Gasteiger partial charge in [-0.05, 0) is 29.8 Å². The van der Waals surface area contributed by atoms with Crippen LogP contribution in [0.5, 0.6) is 17.2 Å². The Morgan fingerprint density at radius 3 is 2.70 bits per heavy atom. The normalized spacial score (nSPS) is 10.8. The molecular formula is C19H18ClN3O3S. The number of hydrazone groups is 1. The lowest BCUT2D eigenvalue weighted by atomic mass is 10.2. The second-order valence-electron chi connectivity index (χ2n) is 5.38. The lowest BCUT2D eigenvalue weighted by Gasteiger charge is -2.09. The molecule has 27 heavy (non-hydrogen) atoms.